The number of aromatic nitrogens is 2. The molecule has 0 radical (unpaired) electrons. The summed E-state index contributed by atoms with van der Waals surface area (Å²) in [6, 6.07) is 10.7. The quantitative estimate of drug-likeness (QED) is 0.846. The highest BCUT2D eigenvalue weighted by atomic mass is 16.3. The third kappa shape index (κ3) is 2.93. The molecule has 0 saturated heterocycles. The molecule has 1 heterocycles. The smallest absolute Gasteiger partial charge is 0.148 e. The molecule has 17 heavy (non-hydrogen) atoms. The normalized spacial score (nSPS) is 10.2. The molecule has 0 atom stereocenters. The van der Waals surface area contributed by atoms with Crippen LogP contribution < -0.4 is 5.32 Å². The fraction of sp³-hybridized carbons (Fsp3) is 0.231. The third-order valence-electron chi connectivity index (χ3n) is 2.38. The van der Waals surface area contributed by atoms with Crippen LogP contribution >= 0.6 is 0 Å². The second-order valence-corrected chi connectivity index (χ2v) is 3.78. The van der Waals surface area contributed by atoms with Gasteiger partial charge in [-0.3, -0.25) is 0 Å². The van der Waals surface area contributed by atoms with E-state index in [-0.39, 0.29) is 5.75 Å². The topological polar surface area (TPSA) is 58.0 Å². The van der Waals surface area contributed by atoms with Gasteiger partial charge in [0.1, 0.15) is 11.6 Å². The Labute approximate surface area is 100 Å². The van der Waals surface area contributed by atoms with E-state index in [1.165, 1.54) is 0 Å². The van der Waals surface area contributed by atoms with Gasteiger partial charge in [0.05, 0.1) is 5.69 Å². The number of hydrogen-bond donors (Lipinski definition) is 2. The fourth-order valence-corrected chi connectivity index (χ4v) is 1.47. The number of rotatable bonds is 4. The second-order valence-electron chi connectivity index (χ2n) is 3.78. The lowest BCUT2D eigenvalue weighted by Gasteiger charge is -2.04. The van der Waals surface area contributed by atoms with Crippen LogP contribution in [-0.2, 0) is 0 Å². The number of nitrogens with one attached hydrogen (secondary N) is 1. The Morgan fingerprint density at radius 3 is 2.41 bits per heavy atom. The Morgan fingerprint density at radius 1 is 1.06 bits per heavy atom. The SMILES string of the molecule is CCCNc1ccc(-c2ccc(O)cc2)nn1. The van der Waals surface area contributed by atoms with Gasteiger partial charge < -0.3 is 10.4 Å². The molecular formula is C13H15N3O. The number of nitrogens with zero attached hydrogens (tertiary/aromatic N) is 2. The zero-order valence-electron chi connectivity index (χ0n) is 9.72. The van der Waals surface area contributed by atoms with Crippen LogP contribution in [0.25, 0.3) is 11.3 Å². The first kappa shape index (κ1) is 11.4. The molecule has 1 aromatic heterocycles. The number of anilines is 1. The van der Waals surface area contributed by atoms with Gasteiger partial charge in [-0.25, -0.2) is 0 Å². The molecule has 0 saturated carbocycles. The van der Waals surface area contributed by atoms with Crippen molar-refractivity contribution in [2.24, 2.45) is 0 Å². The van der Waals surface area contributed by atoms with Gasteiger partial charge in [0.25, 0.3) is 0 Å². The summed E-state index contributed by atoms with van der Waals surface area (Å²) in [6.07, 6.45) is 1.06. The van der Waals surface area contributed by atoms with Crippen LogP contribution in [0.3, 0.4) is 0 Å². The van der Waals surface area contributed by atoms with Gasteiger partial charge in [0.15, 0.2) is 0 Å². The second kappa shape index (κ2) is 5.30. The summed E-state index contributed by atoms with van der Waals surface area (Å²) >= 11 is 0. The first-order valence-electron chi connectivity index (χ1n) is 5.66. The lowest BCUT2D eigenvalue weighted by Crippen LogP contribution is -2.02. The number of phenolic OH excluding ortho intramolecular Hbond substituents is 1. The summed E-state index contributed by atoms with van der Waals surface area (Å²) in [5.41, 5.74) is 1.74. The summed E-state index contributed by atoms with van der Waals surface area (Å²) in [6.45, 7) is 3.00. The van der Waals surface area contributed by atoms with E-state index in [9.17, 15) is 5.11 Å². The number of hydrogen-bond acceptors (Lipinski definition) is 4. The van der Waals surface area contributed by atoms with Gasteiger partial charge in [-0.15, -0.1) is 10.2 Å². The maximum atomic E-state index is 9.20. The first-order chi connectivity index (χ1) is 8.29. The molecule has 88 valence electrons. The molecule has 2 aromatic rings. The van der Waals surface area contributed by atoms with E-state index in [1.54, 1.807) is 12.1 Å². The Balaban J connectivity index is 2.14. The zero-order chi connectivity index (χ0) is 12.1. The van der Waals surface area contributed by atoms with E-state index < -0.39 is 0 Å². The molecule has 2 rings (SSSR count). The first-order valence-corrected chi connectivity index (χ1v) is 5.66. The summed E-state index contributed by atoms with van der Waals surface area (Å²) in [4.78, 5) is 0. The maximum absolute atomic E-state index is 9.20. The minimum Gasteiger partial charge on any atom is -0.508 e. The van der Waals surface area contributed by atoms with E-state index in [4.69, 9.17) is 0 Å². The number of aromatic hydroxyl groups is 1. The Hall–Kier alpha value is -2.10. The van der Waals surface area contributed by atoms with Gasteiger partial charge >= 0.3 is 0 Å². The molecule has 4 heteroatoms. The monoisotopic (exact) mass is 229 g/mol. The molecule has 0 unspecified atom stereocenters. The van der Waals surface area contributed by atoms with Crippen molar-refractivity contribution in [2.75, 3.05) is 11.9 Å². The predicted molar refractivity (Wildman–Crippen MR) is 67.9 cm³/mol. The van der Waals surface area contributed by atoms with Crippen LogP contribution in [-0.4, -0.2) is 21.8 Å². The minimum absolute atomic E-state index is 0.253. The van der Waals surface area contributed by atoms with Gasteiger partial charge in [-0.2, -0.15) is 0 Å². The van der Waals surface area contributed by atoms with Crippen molar-refractivity contribution >= 4 is 5.82 Å². The zero-order valence-corrected chi connectivity index (χ0v) is 9.72. The van der Waals surface area contributed by atoms with E-state index in [1.807, 2.05) is 24.3 Å². The number of phenols is 1. The molecule has 0 amide bonds. The molecule has 0 bridgehead atoms. The highest BCUT2D eigenvalue weighted by Crippen LogP contribution is 2.19. The van der Waals surface area contributed by atoms with E-state index in [2.05, 4.69) is 22.4 Å². The van der Waals surface area contributed by atoms with Crippen molar-refractivity contribution in [3.8, 4) is 17.0 Å². The third-order valence-corrected chi connectivity index (χ3v) is 2.38. The van der Waals surface area contributed by atoms with Crippen molar-refractivity contribution in [2.45, 2.75) is 13.3 Å². The molecule has 4 nitrogen and oxygen atoms in total. The lowest BCUT2D eigenvalue weighted by molar-refractivity contribution is 0.475. The maximum Gasteiger partial charge on any atom is 0.148 e. The molecule has 0 aliphatic rings. The lowest BCUT2D eigenvalue weighted by atomic mass is 10.1. The van der Waals surface area contributed by atoms with Crippen LogP contribution in [0.15, 0.2) is 36.4 Å². The van der Waals surface area contributed by atoms with Crippen molar-refractivity contribution < 1.29 is 5.11 Å². The molecule has 1 aromatic carbocycles. The van der Waals surface area contributed by atoms with Gasteiger partial charge in [0.2, 0.25) is 0 Å². The Kier molecular flexibility index (Phi) is 3.55. The standard InChI is InChI=1S/C13H15N3O/c1-2-9-14-13-8-7-12(15-16-13)10-3-5-11(17)6-4-10/h3-8,17H,2,9H2,1H3,(H,14,16). The predicted octanol–water partition coefficient (Wildman–Crippen LogP) is 2.67. The highest BCUT2D eigenvalue weighted by Gasteiger charge is 2.00. The van der Waals surface area contributed by atoms with Crippen LogP contribution in [0.5, 0.6) is 5.75 Å². The molecule has 0 spiro atoms. The van der Waals surface area contributed by atoms with Gasteiger partial charge in [0, 0.05) is 12.1 Å². The summed E-state index contributed by atoms with van der Waals surface area (Å²) < 4.78 is 0. The summed E-state index contributed by atoms with van der Waals surface area (Å²) in [7, 11) is 0. The minimum atomic E-state index is 0.253. The summed E-state index contributed by atoms with van der Waals surface area (Å²) in [5, 5.41) is 20.6. The van der Waals surface area contributed by atoms with Gasteiger partial charge in [-0.05, 0) is 42.8 Å². The summed E-state index contributed by atoms with van der Waals surface area (Å²) in [5.74, 6) is 1.04. The average molecular weight is 229 g/mol. The fourth-order valence-electron chi connectivity index (χ4n) is 1.47. The van der Waals surface area contributed by atoms with E-state index >= 15 is 0 Å². The van der Waals surface area contributed by atoms with E-state index in [0.717, 1.165) is 30.0 Å². The molecule has 2 N–H and O–H groups in total. The van der Waals surface area contributed by atoms with Crippen LogP contribution in [0.1, 0.15) is 13.3 Å². The van der Waals surface area contributed by atoms with Crippen LogP contribution in [0, 0.1) is 0 Å². The van der Waals surface area contributed by atoms with E-state index in [0.29, 0.717) is 0 Å². The van der Waals surface area contributed by atoms with Gasteiger partial charge in [-0.1, -0.05) is 6.92 Å². The van der Waals surface area contributed by atoms with Crippen LogP contribution in [0.2, 0.25) is 0 Å². The Bertz CT molecular complexity index is 465. The molecule has 0 aliphatic carbocycles. The molecule has 0 aliphatic heterocycles. The Morgan fingerprint density at radius 2 is 1.82 bits per heavy atom. The number of benzene rings is 1. The molecular weight excluding hydrogens is 214 g/mol. The average Bonchev–Trinajstić information content (AvgIpc) is 2.38. The van der Waals surface area contributed by atoms with Crippen molar-refractivity contribution in [1.29, 1.82) is 0 Å². The van der Waals surface area contributed by atoms with Crippen molar-refractivity contribution in [3.63, 3.8) is 0 Å². The van der Waals surface area contributed by atoms with Crippen LogP contribution in [0.4, 0.5) is 5.82 Å². The van der Waals surface area contributed by atoms with Crippen molar-refractivity contribution in [3.05, 3.63) is 36.4 Å². The highest BCUT2D eigenvalue weighted by molar-refractivity contribution is 5.60. The molecule has 0 fully saturated rings. The van der Waals surface area contributed by atoms with Crippen molar-refractivity contribution in [1.82, 2.24) is 10.2 Å². The largest absolute Gasteiger partial charge is 0.508 e.